The minimum Gasteiger partial charge on any atom is -0.379 e. The van der Waals surface area contributed by atoms with E-state index in [1.165, 1.54) is 7.11 Å². The Labute approximate surface area is 356 Å². The molecule has 1 fully saturated rings. The number of methoxy groups -OCH3 is 2. The lowest BCUT2D eigenvalue weighted by Gasteiger charge is -2.41. The minimum absolute atomic E-state index is 0.00678. The van der Waals surface area contributed by atoms with Crippen LogP contribution in [0.15, 0.2) is 30.3 Å². The number of ether oxygens (including phenoxy) is 2. The average molecular weight is 851 g/mol. The van der Waals surface area contributed by atoms with Gasteiger partial charge in [-0.1, -0.05) is 85.2 Å². The number of hydrogen-bond acceptors (Lipinski definition) is 9. The second kappa shape index (κ2) is 24.1. The predicted octanol–water partition coefficient (Wildman–Crippen LogP) is 2.75. The molecule has 0 radical (unpaired) electrons. The quantitative estimate of drug-likeness (QED) is 0.115. The summed E-state index contributed by atoms with van der Waals surface area (Å²) in [5.74, 6) is -1.97. The molecule has 9 atom stereocenters. The fraction of sp³-hybridized carbons (Fsp3) is 0.750. The van der Waals surface area contributed by atoms with Crippen LogP contribution in [-0.4, -0.2) is 158 Å². The Kier molecular flexibility index (Phi) is 21.2. The molecule has 0 aromatic heterocycles. The molecular formula is C44H78N6O8S. The van der Waals surface area contributed by atoms with Gasteiger partial charge in [-0.25, -0.2) is 0 Å². The third kappa shape index (κ3) is 15.2. The van der Waals surface area contributed by atoms with Crippen molar-refractivity contribution in [3.63, 3.8) is 0 Å². The van der Waals surface area contributed by atoms with Crippen LogP contribution < -0.4 is 16.0 Å². The maximum atomic E-state index is 14.3. The molecule has 1 aliphatic heterocycles. The van der Waals surface area contributed by atoms with Crippen LogP contribution in [0.1, 0.15) is 79.7 Å². The number of benzene rings is 1. The number of rotatable bonds is 24. The minimum atomic E-state index is -2.35. The van der Waals surface area contributed by atoms with E-state index in [-0.39, 0.29) is 66.7 Å². The Morgan fingerprint density at radius 2 is 1.51 bits per heavy atom. The summed E-state index contributed by atoms with van der Waals surface area (Å²) in [6.45, 7) is 14.3. The summed E-state index contributed by atoms with van der Waals surface area (Å²) in [7, 11) is 6.15. The lowest BCUT2D eigenvalue weighted by molar-refractivity contribution is -0.148. The predicted molar refractivity (Wildman–Crippen MR) is 237 cm³/mol. The van der Waals surface area contributed by atoms with Crippen LogP contribution in [-0.2, 0) is 49.8 Å². The maximum Gasteiger partial charge on any atom is 0.245 e. The smallest absolute Gasteiger partial charge is 0.245 e. The molecule has 0 aliphatic carbocycles. The van der Waals surface area contributed by atoms with E-state index in [1.54, 1.807) is 43.4 Å². The van der Waals surface area contributed by atoms with Gasteiger partial charge in [-0.05, 0) is 62.8 Å². The van der Waals surface area contributed by atoms with Crippen LogP contribution in [0, 0.1) is 23.7 Å². The topological polar surface area (TPSA) is 167 Å². The number of nitrogens with zero attached hydrogens (tertiary/aromatic N) is 3. The van der Waals surface area contributed by atoms with Gasteiger partial charge >= 0.3 is 0 Å². The summed E-state index contributed by atoms with van der Waals surface area (Å²) in [5.41, 5.74) is 0.873. The Bertz CT molecular complexity index is 1550. The van der Waals surface area contributed by atoms with Crippen molar-refractivity contribution in [2.45, 2.75) is 123 Å². The zero-order chi connectivity index (χ0) is 44.8. The number of carbonyl (C=O) groups is 5. The Hall–Kier alpha value is -3.40. The molecule has 1 heterocycles. The largest absolute Gasteiger partial charge is 0.379 e. The van der Waals surface area contributed by atoms with Crippen molar-refractivity contribution in [3.8, 4) is 0 Å². The van der Waals surface area contributed by atoms with Crippen molar-refractivity contribution in [1.82, 2.24) is 30.7 Å². The average Bonchev–Trinajstić information content (AvgIpc) is 3.65. The summed E-state index contributed by atoms with van der Waals surface area (Å²) in [6.07, 6.45) is 4.33. The summed E-state index contributed by atoms with van der Waals surface area (Å²) < 4.78 is 24.3. The highest BCUT2D eigenvalue weighted by Crippen LogP contribution is 2.30. The molecular weight excluding hydrogens is 773 g/mol. The lowest BCUT2D eigenvalue weighted by Crippen LogP contribution is -2.59. The van der Waals surface area contributed by atoms with Crippen molar-refractivity contribution in [3.05, 3.63) is 35.9 Å². The van der Waals surface area contributed by atoms with Crippen LogP contribution in [0.4, 0.5) is 0 Å². The molecule has 0 saturated carbocycles. The zero-order valence-electron chi connectivity index (χ0n) is 38.4. The molecule has 2 rings (SSSR count). The molecule has 0 bridgehead atoms. The maximum absolute atomic E-state index is 14.3. The van der Waals surface area contributed by atoms with Crippen LogP contribution in [0.5, 0.6) is 0 Å². The Morgan fingerprint density at radius 3 is 2.02 bits per heavy atom. The van der Waals surface area contributed by atoms with E-state index in [4.69, 9.17) is 9.47 Å². The standard InChI is InChI=1S/C44H78N6O8S/c1-15-30(6)39(49(10)44(55)37(28(2)3)47-43(54)38(29(4)5)48(8)9)35(57-11)27-36(51)50-24-19-22-34(50)40(58-12)31(7)41(52)46-33(26-32-20-17-16-18-21-32)42(53)45-23-25-59(13,14)56/h16-18,20-21,28-31,33-35,37-40,59H,15,19,22-27H2,1-14H3,(H,45,53)(H,46,52)(H,47,54)/t30-,31+,33-,34-,35+,37?,38?,39-,40+/m0/s1. The first-order chi connectivity index (χ1) is 27.6. The van der Waals surface area contributed by atoms with E-state index in [0.29, 0.717) is 25.1 Å². The number of likely N-dealkylation sites (tertiary alicyclic amines) is 1. The summed E-state index contributed by atoms with van der Waals surface area (Å²) >= 11 is 0. The molecule has 15 heteroatoms. The van der Waals surface area contributed by atoms with Gasteiger partial charge in [0.1, 0.15) is 12.1 Å². The Morgan fingerprint density at radius 1 is 0.881 bits per heavy atom. The summed E-state index contributed by atoms with van der Waals surface area (Å²) in [6, 6.07) is 6.45. The van der Waals surface area contributed by atoms with Gasteiger partial charge in [0.25, 0.3) is 0 Å². The summed E-state index contributed by atoms with van der Waals surface area (Å²) in [4.78, 5) is 74.7. The van der Waals surface area contributed by atoms with Crippen molar-refractivity contribution in [2.75, 3.05) is 66.7 Å². The van der Waals surface area contributed by atoms with Crippen LogP contribution in [0.2, 0.25) is 0 Å². The molecule has 1 aromatic rings. The second-order valence-electron chi connectivity index (χ2n) is 17.8. The molecule has 1 aromatic carbocycles. The molecule has 2 unspecified atom stereocenters. The number of likely N-dealkylation sites (N-methyl/N-ethyl adjacent to an activating group) is 2. The molecule has 14 nitrogen and oxygen atoms in total. The fourth-order valence-electron chi connectivity index (χ4n) is 8.35. The van der Waals surface area contributed by atoms with E-state index in [9.17, 15) is 28.2 Å². The number of thiol groups is 1. The lowest BCUT2D eigenvalue weighted by atomic mass is 9.89. The zero-order valence-corrected chi connectivity index (χ0v) is 39.3. The molecule has 1 aliphatic rings. The number of amides is 5. The van der Waals surface area contributed by atoms with E-state index >= 15 is 0 Å². The molecule has 59 heavy (non-hydrogen) atoms. The van der Waals surface area contributed by atoms with Gasteiger partial charge < -0.3 is 35.2 Å². The third-order valence-corrected chi connectivity index (χ3v) is 13.1. The highest BCUT2D eigenvalue weighted by molar-refractivity contribution is 8.01. The highest BCUT2D eigenvalue weighted by Gasteiger charge is 2.43. The number of hydrogen-bond donors (Lipinski definition) is 4. The van der Waals surface area contributed by atoms with E-state index < -0.39 is 58.3 Å². The van der Waals surface area contributed by atoms with Gasteiger partial charge in [0, 0.05) is 46.5 Å². The SMILES string of the molecule is CC[C@H](C)[C@@H]([C@@H](CC(=O)N1CCC[C@H]1[C@H](OC)[C@@H](C)C(=O)N[C@@H](Cc1ccccc1)C(=O)NCC[SH](C)(C)=O)OC)N(C)C(=O)C(NC(=O)C(C(C)C)N(C)C)C(C)C. The van der Waals surface area contributed by atoms with Gasteiger partial charge in [0.2, 0.25) is 29.5 Å². The van der Waals surface area contributed by atoms with E-state index in [0.717, 1.165) is 12.0 Å². The van der Waals surface area contributed by atoms with Crippen molar-refractivity contribution < 1.29 is 37.7 Å². The fourth-order valence-corrected chi connectivity index (χ4v) is 9.00. The van der Waals surface area contributed by atoms with Crippen LogP contribution in [0.3, 0.4) is 0 Å². The number of carbonyl (C=O) groups excluding carboxylic acids is 5. The first-order valence-corrected chi connectivity index (χ1v) is 24.1. The first kappa shape index (κ1) is 51.7. The van der Waals surface area contributed by atoms with Crippen LogP contribution in [0.25, 0.3) is 0 Å². The second-order valence-corrected chi connectivity index (χ2v) is 21.4. The van der Waals surface area contributed by atoms with Crippen LogP contribution >= 0.6 is 0 Å². The molecule has 1 saturated heterocycles. The summed E-state index contributed by atoms with van der Waals surface area (Å²) in [5, 5.41) is 8.83. The monoisotopic (exact) mass is 851 g/mol. The Balaban J connectivity index is 2.30. The van der Waals surface area contributed by atoms with Crippen molar-refractivity contribution >= 4 is 39.5 Å². The highest BCUT2D eigenvalue weighted by atomic mass is 32.2. The van der Waals surface area contributed by atoms with Gasteiger partial charge in [-0.15, -0.1) is 9.93 Å². The van der Waals surface area contributed by atoms with Gasteiger partial charge in [-0.3, -0.25) is 33.1 Å². The molecule has 5 amide bonds. The molecule has 3 N–H and O–H groups in total. The van der Waals surface area contributed by atoms with E-state index in [2.05, 4.69) is 16.0 Å². The van der Waals surface area contributed by atoms with E-state index in [1.807, 2.05) is 90.9 Å². The normalized spacial score (nSPS) is 19.0. The van der Waals surface area contributed by atoms with Gasteiger partial charge in [0.15, 0.2) is 0 Å². The van der Waals surface area contributed by atoms with Crippen molar-refractivity contribution in [2.24, 2.45) is 23.7 Å². The van der Waals surface area contributed by atoms with Crippen molar-refractivity contribution in [1.29, 1.82) is 0 Å². The molecule has 0 spiro atoms. The number of nitrogens with one attached hydrogen (secondary N) is 3. The third-order valence-electron chi connectivity index (χ3n) is 11.8. The first-order valence-electron chi connectivity index (χ1n) is 21.3. The van der Waals surface area contributed by atoms with Gasteiger partial charge in [-0.2, -0.15) is 0 Å². The molecule has 338 valence electrons. The van der Waals surface area contributed by atoms with Gasteiger partial charge in [0.05, 0.1) is 42.7 Å².